The number of hydrogen-bond acceptors (Lipinski definition) is 4. The van der Waals surface area contributed by atoms with E-state index in [0.717, 1.165) is 29.3 Å². The van der Waals surface area contributed by atoms with Gasteiger partial charge in [0.1, 0.15) is 0 Å². The van der Waals surface area contributed by atoms with Crippen LogP contribution >= 0.6 is 0 Å². The van der Waals surface area contributed by atoms with Gasteiger partial charge < -0.3 is 10.5 Å². The predicted octanol–water partition coefficient (Wildman–Crippen LogP) is 1.82. The molecule has 5 nitrogen and oxygen atoms in total. The van der Waals surface area contributed by atoms with Crippen molar-refractivity contribution in [3.05, 3.63) is 23.4 Å². The Balaban J connectivity index is 2.33. The van der Waals surface area contributed by atoms with Crippen molar-refractivity contribution >= 4 is 22.6 Å². The van der Waals surface area contributed by atoms with Crippen LogP contribution < -0.4 is 5.73 Å². The van der Waals surface area contributed by atoms with Crippen LogP contribution in [0.4, 0.5) is 5.69 Å². The number of nitrogens with zero attached hydrogens (tertiary/aromatic N) is 2. The Morgan fingerprint density at radius 3 is 2.89 bits per heavy atom. The molecule has 1 saturated carbocycles. The number of esters is 1. The fourth-order valence-corrected chi connectivity index (χ4v) is 2.42. The quantitative estimate of drug-likeness (QED) is 0.647. The molecule has 1 aromatic carbocycles. The van der Waals surface area contributed by atoms with E-state index < -0.39 is 0 Å². The zero-order chi connectivity index (χ0) is 12.9. The summed E-state index contributed by atoms with van der Waals surface area (Å²) in [5, 5.41) is 5.10. The van der Waals surface area contributed by atoms with E-state index >= 15 is 0 Å². The van der Waals surface area contributed by atoms with Gasteiger partial charge in [-0.2, -0.15) is 5.10 Å². The van der Waals surface area contributed by atoms with Gasteiger partial charge in [0.05, 0.1) is 24.4 Å². The third-order valence-electron chi connectivity index (χ3n) is 3.53. The molecule has 1 heterocycles. The maximum absolute atomic E-state index is 11.9. The first-order chi connectivity index (χ1) is 8.63. The summed E-state index contributed by atoms with van der Waals surface area (Å²) < 4.78 is 6.57. The van der Waals surface area contributed by atoms with E-state index in [1.807, 2.05) is 13.1 Å². The van der Waals surface area contributed by atoms with Gasteiger partial charge in [0.15, 0.2) is 0 Å². The minimum Gasteiger partial charge on any atom is -0.465 e. The molecule has 2 N–H and O–H groups in total. The second-order valence-electron chi connectivity index (χ2n) is 4.72. The Hall–Kier alpha value is -2.04. The van der Waals surface area contributed by atoms with Crippen LogP contribution in [0, 0.1) is 0 Å². The second-order valence-corrected chi connectivity index (χ2v) is 4.72. The summed E-state index contributed by atoms with van der Waals surface area (Å²) in [6.07, 6.45) is 3.91. The lowest BCUT2D eigenvalue weighted by Crippen LogP contribution is -2.08. The monoisotopic (exact) mass is 245 g/mol. The highest BCUT2D eigenvalue weighted by molar-refractivity contribution is 6.02. The molecule has 0 atom stereocenters. The Morgan fingerprint density at radius 2 is 2.28 bits per heavy atom. The highest BCUT2D eigenvalue weighted by Crippen LogP contribution is 2.46. The first-order valence-electron chi connectivity index (χ1n) is 5.96. The number of fused-ring (bicyclic) bond motifs is 1. The molecule has 0 saturated heterocycles. The molecule has 5 heteroatoms. The molecule has 0 amide bonds. The van der Waals surface area contributed by atoms with E-state index in [1.54, 1.807) is 10.9 Å². The van der Waals surface area contributed by atoms with Gasteiger partial charge >= 0.3 is 5.97 Å². The maximum Gasteiger partial charge on any atom is 0.338 e. The predicted molar refractivity (Wildman–Crippen MR) is 68.4 cm³/mol. The van der Waals surface area contributed by atoms with Crippen molar-refractivity contribution in [1.82, 2.24) is 9.78 Å². The first-order valence-corrected chi connectivity index (χ1v) is 5.96. The summed E-state index contributed by atoms with van der Waals surface area (Å²) in [5.41, 5.74) is 9.24. The molecule has 0 aliphatic heterocycles. The van der Waals surface area contributed by atoms with Gasteiger partial charge in [-0.05, 0) is 30.4 Å². The Morgan fingerprint density at radius 1 is 1.56 bits per heavy atom. The third kappa shape index (κ3) is 1.47. The number of carbonyl (C=O) groups excluding carboxylic acids is 1. The summed E-state index contributed by atoms with van der Waals surface area (Å²) in [5.74, 6) is 0.0652. The molecule has 3 rings (SSSR count). The zero-order valence-corrected chi connectivity index (χ0v) is 10.4. The van der Waals surface area contributed by atoms with E-state index in [-0.39, 0.29) is 5.97 Å². The van der Waals surface area contributed by atoms with Crippen molar-refractivity contribution in [3.8, 4) is 0 Å². The molecule has 2 aromatic rings. The summed E-state index contributed by atoms with van der Waals surface area (Å²) in [4.78, 5) is 11.9. The topological polar surface area (TPSA) is 70.1 Å². The van der Waals surface area contributed by atoms with Crippen molar-refractivity contribution in [2.24, 2.45) is 7.05 Å². The molecule has 1 fully saturated rings. The molecule has 18 heavy (non-hydrogen) atoms. The molecule has 1 aliphatic carbocycles. The summed E-state index contributed by atoms with van der Waals surface area (Å²) in [7, 11) is 3.22. The normalized spacial score (nSPS) is 15.0. The molecule has 0 radical (unpaired) electrons. The average Bonchev–Trinajstić information content (AvgIpc) is 3.13. The van der Waals surface area contributed by atoms with E-state index in [0.29, 0.717) is 17.2 Å². The van der Waals surface area contributed by atoms with Gasteiger partial charge in [-0.3, -0.25) is 4.68 Å². The van der Waals surface area contributed by atoms with E-state index in [1.165, 1.54) is 7.11 Å². The maximum atomic E-state index is 11.9. The first kappa shape index (κ1) is 11.1. The number of nitrogens with two attached hydrogens (primary N) is 1. The van der Waals surface area contributed by atoms with Crippen LogP contribution in [0.15, 0.2) is 12.3 Å². The van der Waals surface area contributed by atoms with Crippen LogP contribution in [-0.2, 0) is 11.8 Å². The lowest BCUT2D eigenvalue weighted by molar-refractivity contribution is 0.0599. The second kappa shape index (κ2) is 3.73. The standard InChI is InChI=1S/C13H15N3O2/c1-16-10-5-8(13(17)18-2)11(7-3-4-7)12(14)9(10)6-15-16/h5-7H,3-4,14H2,1-2H3. The number of carbonyl (C=O) groups is 1. The Labute approximate surface area is 105 Å². The van der Waals surface area contributed by atoms with Gasteiger partial charge in [-0.15, -0.1) is 0 Å². The van der Waals surface area contributed by atoms with Crippen LogP contribution in [-0.4, -0.2) is 22.9 Å². The molecule has 0 spiro atoms. The van der Waals surface area contributed by atoms with Crippen molar-refractivity contribution in [3.63, 3.8) is 0 Å². The highest BCUT2D eigenvalue weighted by atomic mass is 16.5. The van der Waals surface area contributed by atoms with Crippen LogP contribution in [0.5, 0.6) is 0 Å². The van der Waals surface area contributed by atoms with E-state index in [4.69, 9.17) is 10.5 Å². The number of ether oxygens (including phenoxy) is 1. The number of aromatic nitrogens is 2. The van der Waals surface area contributed by atoms with E-state index in [9.17, 15) is 4.79 Å². The number of anilines is 1. The van der Waals surface area contributed by atoms with Crippen molar-refractivity contribution in [1.29, 1.82) is 0 Å². The molecule has 1 aromatic heterocycles. The van der Waals surface area contributed by atoms with Gasteiger partial charge in [0.25, 0.3) is 0 Å². The fraction of sp³-hybridized carbons (Fsp3) is 0.385. The van der Waals surface area contributed by atoms with Gasteiger partial charge in [-0.1, -0.05) is 0 Å². The number of benzene rings is 1. The average molecular weight is 245 g/mol. The summed E-state index contributed by atoms with van der Waals surface area (Å²) in [6, 6.07) is 1.83. The largest absolute Gasteiger partial charge is 0.465 e. The van der Waals surface area contributed by atoms with Crippen molar-refractivity contribution in [2.45, 2.75) is 18.8 Å². The van der Waals surface area contributed by atoms with Gasteiger partial charge in [0, 0.05) is 18.1 Å². The molecule has 0 bridgehead atoms. The van der Waals surface area contributed by atoms with Crippen LogP contribution in [0.3, 0.4) is 0 Å². The number of aryl methyl sites for hydroxylation is 1. The highest BCUT2D eigenvalue weighted by Gasteiger charge is 2.32. The lowest BCUT2D eigenvalue weighted by Gasteiger charge is -2.11. The SMILES string of the molecule is COC(=O)c1cc2c(cnn2C)c(N)c1C1CC1. The van der Waals surface area contributed by atoms with Crippen LogP contribution in [0.25, 0.3) is 10.9 Å². The Bertz CT molecular complexity index is 641. The van der Waals surface area contributed by atoms with Crippen LogP contribution in [0.2, 0.25) is 0 Å². The number of hydrogen-bond donors (Lipinski definition) is 1. The van der Waals surface area contributed by atoms with Gasteiger partial charge in [-0.25, -0.2) is 4.79 Å². The summed E-state index contributed by atoms with van der Waals surface area (Å²) >= 11 is 0. The van der Waals surface area contributed by atoms with Crippen molar-refractivity contribution < 1.29 is 9.53 Å². The zero-order valence-electron chi connectivity index (χ0n) is 10.4. The Kier molecular flexibility index (Phi) is 2.29. The van der Waals surface area contributed by atoms with E-state index in [2.05, 4.69) is 5.10 Å². The molecule has 94 valence electrons. The number of methoxy groups -OCH3 is 1. The molecular formula is C13H15N3O2. The van der Waals surface area contributed by atoms with Crippen molar-refractivity contribution in [2.75, 3.05) is 12.8 Å². The lowest BCUT2D eigenvalue weighted by atomic mass is 9.98. The fourth-order valence-electron chi connectivity index (χ4n) is 2.42. The minimum absolute atomic E-state index is 0.327. The number of rotatable bonds is 2. The summed E-state index contributed by atoms with van der Waals surface area (Å²) in [6.45, 7) is 0. The third-order valence-corrected chi connectivity index (χ3v) is 3.53. The minimum atomic E-state index is -0.327. The smallest absolute Gasteiger partial charge is 0.338 e. The molecule has 0 unspecified atom stereocenters. The molecule has 1 aliphatic rings. The number of nitrogen functional groups attached to an aromatic ring is 1. The van der Waals surface area contributed by atoms with Crippen LogP contribution in [0.1, 0.15) is 34.7 Å². The van der Waals surface area contributed by atoms with Gasteiger partial charge in [0.2, 0.25) is 0 Å². The molecular weight excluding hydrogens is 230 g/mol.